The fourth-order valence-electron chi connectivity index (χ4n) is 2.53. The van der Waals surface area contributed by atoms with E-state index in [4.69, 9.17) is 9.15 Å². The van der Waals surface area contributed by atoms with Crippen molar-refractivity contribution in [3.05, 3.63) is 63.8 Å². The largest absolute Gasteiger partial charge is 0.497 e. The molecule has 0 saturated carbocycles. The summed E-state index contributed by atoms with van der Waals surface area (Å²) in [4.78, 5) is 12.7. The number of hydrogen-bond donors (Lipinski definition) is 0. The zero-order valence-corrected chi connectivity index (χ0v) is 13.9. The first-order chi connectivity index (χ1) is 10.6. The van der Waals surface area contributed by atoms with E-state index in [1.54, 1.807) is 31.4 Å². The minimum Gasteiger partial charge on any atom is -0.497 e. The van der Waals surface area contributed by atoms with Gasteiger partial charge in [-0.2, -0.15) is 0 Å². The van der Waals surface area contributed by atoms with Gasteiger partial charge in [0.05, 0.1) is 7.11 Å². The molecule has 3 rings (SSSR count). The van der Waals surface area contributed by atoms with Gasteiger partial charge in [0.1, 0.15) is 11.3 Å². The molecule has 0 amide bonds. The molecule has 0 bridgehead atoms. The van der Waals surface area contributed by atoms with Crippen LogP contribution >= 0.6 is 15.9 Å². The third kappa shape index (κ3) is 2.55. The molecule has 1 aromatic heterocycles. The van der Waals surface area contributed by atoms with Gasteiger partial charge in [0, 0.05) is 21.0 Å². The summed E-state index contributed by atoms with van der Waals surface area (Å²) in [5.74, 6) is 1.04. The molecular formula is C18H15BrO3. The van der Waals surface area contributed by atoms with Crippen molar-refractivity contribution in [1.29, 1.82) is 0 Å². The zero-order chi connectivity index (χ0) is 15.7. The average Bonchev–Trinajstić information content (AvgIpc) is 2.91. The number of fused-ring (bicyclic) bond motifs is 1. The van der Waals surface area contributed by atoms with Crippen LogP contribution in [0.2, 0.25) is 0 Å². The van der Waals surface area contributed by atoms with Crippen LogP contribution in [0.25, 0.3) is 11.0 Å². The second-order valence-corrected chi connectivity index (χ2v) is 5.88. The molecule has 0 atom stereocenters. The molecule has 3 aromatic rings. The summed E-state index contributed by atoms with van der Waals surface area (Å²) >= 11 is 3.46. The van der Waals surface area contributed by atoms with Gasteiger partial charge in [-0.3, -0.25) is 4.79 Å². The van der Waals surface area contributed by atoms with Gasteiger partial charge in [-0.1, -0.05) is 22.9 Å². The highest BCUT2D eigenvalue weighted by molar-refractivity contribution is 9.10. The number of methoxy groups -OCH3 is 1. The standard InChI is InChI=1S/C18H15BrO3/c1-3-14-15-10-12(19)6-9-16(15)22-18(14)17(20)11-4-7-13(21-2)8-5-11/h4-10H,3H2,1-2H3. The lowest BCUT2D eigenvalue weighted by Crippen LogP contribution is -2.02. The first-order valence-electron chi connectivity index (χ1n) is 7.03. The van der Waals surface area contributed by atoms with Crippen LogP contribution in [0.5, 0.6) is 5.75 Å². The number of aryl methyl sites for hydroxylation is 1. The Hall–Kier alpha value is -2.07. The Kier molecular flexibility index (Phi) is 4.03. The van der Waals surface area contributed by atoms with Gasteiger partial charge in [0.25, 0.3) is 0 Å². The van der Waals surface area contributed by atoms with Crippen molar-refractivity contribution in [2.24, 2.45) is 0 Å². The van der Waals surface area contributed by atoms with E-state index < -0.39 is 0 Å². The number of rotatable bonds is 4. The Labute approximate surface area is 137 Å². The van der Waals surface area contributed by atoms with Crippen molar-refractivity contribution in [2.75, 3.05) is 7.11 Å². The van der Waals surface area contributed by atoms with Crippen LogP contribution in [-0.4, -0.2) is 12.9 Å². The van der Waals surface area contributed by atoms with Gasteiger partial charge in [0.2, 0.25) is 5.78 Å². The Morgan fingerprint density at radius 3 is 2.55 bits per heavy atom. The summed E-state index contributed by atoms with van der Waals surface area (Å²) in [5.41, 5.74) is 2.27. The maximum absolute atomic E-state index is 12.7. The van der Waals surface area contributed by atoms with E-state index in [0.29, 0.717) is 11.3 Å². The average molecular weight is 359 g/mol. The fourth-order valence-corrected chi connectivity index (χ4v) is 2.89. The fraction of sp³-hybridized carbons (Fsp3) is 0.167. The van der Waals surface area contributed by atoms with Crippen LogP contribution in [0, 0.1) is 0 Å². The second kappa shape index (κ2) is 5.97. The van der Waals surface area contributed by atoms with Gasteiger partial charge in [-0.05, 0) is 48.9 Å². The number of carbonyl (C=O) groups is 1. The van der Waals surface area contributed by atoms with E-state index in [1.807, 2.05) is 25.1 Å². The Morgan fingerprint density at radius 1 is 1.18 bits per heavy atom. The summed E-state index contributed by atoms with van der Waals surface area (Å²) < 4.78 is 11.9. The number of ether oxygens (including phenoxy) is 1. The molecule has 0 spiro atoms. The molecule has 22 heavy (non-hydrogen) atoms. The van der Waals surface area contributed by atoms with Crippen LogP contribution in [0.1, 0.15) is 28.6 Å². The van der Waals surface area contributed by atoms with Crippen LogP contribution < -0.4 is 4.74 Å². The lowest BCUT2D eigenvalue weighted by atomic mass is 10.0. The summed E-state index contributed by atoms with van der Waals surface area (Å²) in [6.07, 6.45) is 0.737. The topological polar surface area (TPSA) is 39.4 Å². The molecule has 0 aliphatic heterocycles. The second-order valence-electron chi connectivity index (χ2n) is 4.96. The highest BCUT2D eigenvalue weighted by Gasteiger charge is 2.20. The molecule has 0 aliphatic rings. The molecule has 4 heteroatoms. The molecule has 0 fully saturated rings. The normalized spacial score (nSPS) is 10.9. The predicted octanol–water partition coefficient (Wildman–Crippen LogP) is 5.00. The third-order valence-corrected chi connectivity index (χ3v) is 4.16. The number of furan rings is 1. The Balaban J connectivity index is 2.09. The number of hydrogen-bond acceptors (Lipinski definition) is 3. The van der Waals surface area contributed by atoms with E-state index in [-0.39, 0.29) is 5.78 Å². The van der Waals surface area contributed by atoms with Gasteiger partial charge < -0.3 is 9.15 Å². The van der Waals surface area contributed by atoms with E-state index in [2.05, 4.69) is 15.9 Å². The van der Waals surface area contributed by atoms with Crippen molar-refractivity contribution in [3.63, 3.8) is 0 Å². The summed E-state index contributed by atoms with van der Waals surface area (Å²) in [5, 5.41) is 0.980. The molecule has 1 heterocycles. The SMILES string of the molecule is CCc1c(C(=O)c2ccc(OC)cc2)oc2ccc(Br)cc12. The van der Waals surface area contributed by atoms with Gasteiger partial charge in [0.15, 0.2) is 5.76 Å². The summed E-state index contributed by atoms with van der Waals surface area (Å²) in [6.45, 7) is 2.02. The first kappa shape index (κ1) is 14.9. The van der Waals surface area contributed by atoms with Crippen molar-refractivity contribution >= 4 is 32.7 Å². The highest BCUT2D eigenvalue weighted by Crippen LogP contribution is 2.30. The van der Waals surface area contributed by atoms with Crippen LogP contribution in [0.4, 0.5) is 0 Å². The zero-order valence-electron chi connectivity index (χ0n) is 12.4. The number of ketones is 1. The summed E-state index contributed by atoms with van der Waals surface area (Å²) in [7, 11) is 1.60. The van der Waals surface area contributed by atoms with Gasteiger partial charge in [-0.25, -0.2) is 0 Å². The Morgan fingerprint density at radius 2 is 1.91 bits per heavy atom. The maximum atomic E-state index is 12.7. The summed E-state index contributed by atoms with van der Waals surface area (Å²) in [6, 6.07) is 12.8. The lowest BCUT2D eigenvalue weighted by molar-refractivity contribution is 0.101. The molecule has 112 valence electrons. The van der Waals surface area contributed by atoms with E-state index in [0.717, 1.165) is 33.2 Å². The van der Waals surface area contributed by atoms with Crippen molar-refractivity contribution < 1.29 is 13.9 Å². The molecule has 0 saturated heterocycles. The molecule has 0 N–H and O–H groups in total. The molecule has 2 aromatic carbocycles. The highest BCUT2D eigenvalue weighted by atomic mass is 79.9. The third-order valence-electron chi connectivity index (χ3n) is 3.66. The molecule has 0 unspecified atom stereocenters. The number of benzene rings is 2. The van der Waals surface area contributed by atoms with Crippen molar-refractivity contribution in [3.8, 4) is 5.75 Å². The minimum atomic E-state index is -0.105. The molecule has 0 radical (unpaired) electrons. The van der Waals surface area contributed by atoms with Crippen molar-refractivity contribution in [2.45, 2.75) is 13.3 Å². The van der Waals surface area contributed by atoms with Gasteiger partial charge in [-0.15, -0.1) is 0 Å². The first-order valence-corrected chi connectivity index (χ1v) is 7.83. The van der Waals surface area contributed by atoms with E-state index in [9.17, 15) is 4.79 Å². The smallest absolute Gasteiger partial charge is 0.228 e. The molecular weight excluding hydrogens is 344 g/mol. The lowest BCUT2D eigenvalue weighted by Gasteiger charge is -2.02. The molecule has 0 aliphatic carbocycles. The van der Waals surface area contributed by atoms with Crippen molar-refractivity contribution in [1.82, 2.24) is 0 Å². The monoisotopic (exact) mass is 358 g/mol. The van der Waals surface area contributed by atoms with Crippen LogP contribution in [-0.2, 0) is 6.42 Å². The molecule has 3 nitrogen and oxygen atoms in total. The maximum Gasteiger partial charge on any atom is 0.228 e. The van der Waals surface area contributed by atoms with E-state index >= 15 is 0 Å². The number of carbonyl (C=O) groups excluding carboxylic acids is 1. The van der Waals surface area contributed by atoms with Crippen LogP contribution in [0.15, 0.2) is 51.4 Å². The minimum absolute atomic E-state index is 0.105. The predicted molar refractivity (Wildman–Crippen MR) is 89.7 cm³/mol. The van der Waals surface area contributed by atoms with Crippen LogP contribution in [0.3, 0.4) is 0 Å². The van der Waals surface area contributed by atoms with Gasteiger partial charge >= 0.3 is 0 Å². The number of halogens is 1. The quantitative estimate of drug-likeness (QED) is 0.616. The Bertz CT molecular complexity index is 831. The van der Waals surface area contributed by atoms with E-state index in [1.165, 1.54) is 0 Å².